The van der Waals surface area contributed by atoms with Gasteiger partial charge in [-0.3, -0.25) is 34.0 Å². The van der Waals surface area contributed by atoms with E-state index in [4.69, 9.17) is 129 Å². The number of rotatable bonds is 86. The van der Waals surface area contributed by atoms with Gasteiger partial charge in [0.05, 0.1) is 245 Å². The number of hydrogen-bond donors (Lipinski definition) is 1. The monoisotopic (exact) mass is 1390 g/mol. The molecule has 37 heteroatoms. The second-order valence-corrected chi connectivity index (χ2v) is 18.7. The van der Waals surface area contributed by atoms with Gasteiger partial charge in [0.25, 0.3) is 38.8 Å². The molecule has 0 aromatic heterocycles. The fourth-order valence-electron chi connectivity index (χ4n) is 6.98. The zero-order chi connectivity index (χ0) is 68.7. The van der Waals surface area contributed by atoms with Crippen LogP contribution >= 0.6 is 0 Å². The SMILES string of the molecule is COOCCOCCOCC(COCC(COCC(COCC(COCC(COCC(COCCOCCCOO)OCCOCCOC=O)OCCOCCOC=O)OCCOCCOC=O)OCCOCCOC=O)OCCOCCOC=O)OCCOCCOC=O. The van der Waals surface area contributed by atoms with E-state index in [1.807, 2.05) is 0 Å². The average Bonchev–Trinajstić information content (AvgIpc) is 3.68. The largest absolute Gasteiger partial charge is 0.465 e. The lowest BCUT2D eigenvalue weighted by molar-refractivity contribution is -0.278. The van der Waals surface area contributed by atoms with Crippen molar-refractivity contribution in [1.82, 2.24) is 0 Å². The standard InChI is InChI=1S/C58H106O37/c1-66-95-34-27-74-6-14-76-36-54(89-29-22-69-8-16-78-48-60)38-84-40-56(91-31-24-71-10-18-80-50-62)42-86-44-58(93-33-26-73-12-20-82-52-64)46-87-45-57(92-32-25-72-11-19-81-51-63)43-85-41-55(90-30-23-70-9-17-79-49-61)39-83-37-53(88-28-21-68-7-15-77-47-59)35-75-13-5-67-3-2-4-94-65/h47-58,65H,2-46H2,1H3. The van der Waals surface area contributed by atoms with Crippen molar-refractivity contribution in [3.8, 4) is 0 Å². The lowest BCUT2D eigenvalue weighted by Crippen LogP contribution is -2.36. The normalized spacial score (nSPS) is 13.3. The first-order valence-corrected chi connectivity index (χ1v) is 31.1. The van der Waals surface area contributed by atoms with Crippen LogP contribution in [0.2, 0.25) is 0 Å². The van der Waals surface area contributed by atoms with E-state index in [1.165, 1.54) is 7.11 Å². The Bertz CT molecular complexity index is 1480. The second kappa shape index (κ2) is 78.8. The molecule has 95 heavy (non-hydrogen) atoms. The van der Waals surface area contributed by atoms with Crippen LogP contribution in [0, 0.1) is 0 Å². The number of carbonyl (C=O) groups excluding carboxylic acids is 6. The topological polar surface area (TPSA) is 400 Å². The molecule has 1 N–H and O–H groups in total. The zero-order valence-electron chi connectivity index (χ0n) is 54.9. The van der Waals surface area contributed by atoms with Gasteiger partial charge in [-0.1, -0.05) is 0 Å². The van der Waals surface area contributed by atoms with E-state index in [2.05, 4.69) is 19.2 Å². The number of carbonyl (C=O) groups is 6. The molecule has 0 radical (unpaired) electrons. The van der Waals surface area contributed by atoms with E-state index < -0.39 is 36.6 Å². The van der Waals surface area contributed by atoms with Crippen LogP contribution in [0.3, 0.4) is 0 Å². The molecule has 0 saturated heterocycles. The molecule has 0 rings (SSSR count). The molecular formula is C58H106O37. The van der Waals surface area contributed by atoms with Crippen LogP contribution in [-0.4, -0.2) is 379 Å². The molecular weight excluding hydrogens is 1290 g/mol. The summed E-state index contributed by atoms with van der Waals surface area (Å²) in [5.41, 5.74) is 0. The molecule has 0 heterocycles. The lowest BCUT2D eigenvalue weighted by Gasteiger charge is -2.24. The molecule has 0 aromatic carbocycles. The highest BCUT2D eigenvalue weighted by Crippen LogP contribution is 2.07. The third-order valence-corrected chi connectivity index (χ3v) is 11.3. The summed E-state index contributed by atoms with van der Waals surface area (Å²) in [4.78, 5) is 76.9. The van der Waals surface area contributed by atoms with Gasteiger partial charge in [-0.2, -0.15) is 0 Å². The van der Waals surface area contributed by atoms with Gasteiger partial charge < -0.3 is 128 Å². The molecule has 0 aromatic rings. The first-order chi connectivity index (χ1) is 47.0. The Morgan fingerprint density at radius 3 is 0.632 bits per heavy atom. The Balaban J connectivity index is 6.24. The maximum absolute atomic E-state index is 10.6. The van der Waals surface area contributed by atoms with Crippen LogP contribution in [0.5, 0.6) is 0 Å². The fourth-order valence-corrected chi connectivity index (χ4v) is 6.98. The maximum atomic E-state index is 10.6. The van der Waals surface area contributed by atoms with E-state index in [-0.39, 0.29) is 277 Å². The maximum Gasteiger partial charge on any atom is 0.293 e. The van der Waals surface area contributed by atoms with Crippen molar-refractivity contribution in [3.05, 3.63) is 0 Å². The summed E-state index contributed by atoms with van der Waals surface area (Å²) >= 11 is 0. The molecule has 37 nitrogen and oxygen atoms in total. The van der Waals surface area contributed by atoms with Crippen molar-refractivity contribution < 1.29 is 177 Å². The minimum Gasteiger partial charge on any atom is -0.465 e. The minimum absolute atomic E-state index is 0.00319. The molecule has 0 spiro atoms. The van der Waals surface area contributed by atoms with Gasteiger partial charge in [-0.05, 0) is 6.42 Å². The van der Waals surface area contributed by atoms with Gasteiger partial charge >= 0.3 is 0 Å². The van der Waals surface area contributed by atoms with Gasteiger partial charge in [-0.25, -0.2) is 14.7 Å². The molecule has 0 aliphatic carbocycles. The minimum atomic E-state index is -0.685. The molecule has 0 aliphatic rings. The Morgan fingerprint density at radius 1 is 0.221 bits per heavy atom. The molecule has 560 valence electrons. The first kappa shape index (κ1) is 90.8. The molecule has 0 amide bonds. The highest BCUT2D eigenvalue weighted by Gasteiger charge is 2.21. The van der Waals surface area contributed by atoms with Crippen LogP contribution in [0.1, 0.15) is 6.42 Å². The van der Waals surface area contributed by atoms with Crippen molar-refractivity contribution in [2.24, 2.45) is 0 Å². The average molecular weight is 1400 g/mol. The van der Waals surface area contributed by atoms with Crippen LogP contribution in [0.15, 0.2) is 0 Å². The quantitative estimate of drug-likeness (QED) is 0.0227. The Hall–Kier alpha value is -4.18. The smallest absolute Gasteiger partial charge is 0.293 e. The van der Waals surface area contributed by atoms with Gasteiger partial charge in [-0.15, -0.1) is 0 Å². The Labute approximate surface area is 555 Å². The van der Waals surface area contributed by atoms with Crippen LogP contribution < -0.4 is 0 Å². The molecule has 0 bridgehead atoms. The highest BCUT2D eigenvalue weighted by atomic mass is 17.2. The summed E-state index contributed by atoms with van der Waals surface area (Å²) in [5.74, 6) is 0. The van der Waals surface area contributed by atoms with Crippen LogP contribution in [-0.2, 0) is 171 Å². The zero-order valence-corrected chi connectivity index (χ0v) is 54.9. The van der Waals surface area contributed by atoms with E-state index in [1.54, 1.807) is 0 Å². The van der Waals surface area contributed by atoms with E-state index in [9.17, 15) is 28.8 Å². The van der Waals surface area contributed by atoms with E-state index >= 15 is 0 Å². The van der Waals surface area contributed by atoms with Gasteiger partial charge in [0.2, 0.25) is 0 Å². The van der Waals surface area contributed by atoms with Crippen molar-refractivity contribution in [3.63, 3.8) is 0 Å². The fraction of sp³-hybridized carbons (Fsp3) is 0.897. The molecule has 6 atom stereocenters. The van der Waals surface area contributed by atoms with Gasteiger partial charge in [0.1, 0.15) is 82.9 Å². The summed E-state index contributed by atoms with van der Waals surface area (Å²) in [5, 5.41) is 8.53. The summed E-state index contributed by atoms with van der Waals surface area (Å²) in [6, 6.07) is 0. The molecule has 0 aliphatic heterocycles. The van der Waals surface area contributed by atoms with Gasteiger partial charge in [0, 0.05) is 6.61 Å². The van der Waals surface area contributed by atoms with Crippen molar-refractivity contribution in [2.45, 2.75) is 43.0 Å². The van der Waals surface area contributed by atoms with Crippen molar-refractivity contribution >= 4 is 38.8 Å². The van der Waals surface area contributed by atoms with E-state index in [0.29, 0.717) is 58.5 Å². The second-order valence-electron chi connectivity index (χ2n) is 18.7. The van der Waals surface area contributed by atoms with Crippen LogP contribution in [0.4, 0.5) is 0 Å². The highest BCUT2D eigenvalue weighted by molar-refractivity contribution is 5.38. The predicted octanol–water partition coefficient (Wildman–Crippen LogP) is -1.96. The Kier molecular flexibility index (Phi) is 75.3. The molecule has 0 fully saturated rings. The van der Waals surface area contributed by atoms with Gasteiger partial charge in [0.15, 0.2) is 0 Å². The molecule has 0 saturated carbocycles. The van der Waals surface area contributed by atoms with Crippen LogP contribution in [0.25, 0.3) is 0 Å². The van der Waals surface area contributed by atoms with Crippen molar-refractivity contribution in [2.75, 3.05) is 298 Å². The summed E-state index contributed by atoms with van der Waals surface area (Å²) in [7, 11) is 1.40. The molecule has 6 unspecified atom stereocenters. The lowest BCUT2D eigenvalue weighted by atomic mass is 10.3. The third kappa shape index (κ3) is 69.5. The summed E-state index contributed by atoms with van der Waals surface area (Å²) < 4.78 is 151. The summed E-state index contributed by atoms with van der Waals surface area (Å²) in [6.45, 7) is 7.74. The first-order valence-electron chi connectivity index (χ1n) is 31.1. The number of ether oxygens (including phenoxy) is 27. The van der Waals surface area contributed by atoms with E-state index in [0.717, 1.165) is 0 Å². The Morgan fingerprint density at radius 2 is 0.411 bits per heavy atom. The third-order valence-electron chi connectivity index (χ3n) is 11.3. The number of hydrogen-bond acceptors (Lipinski definition) is 37. The predicted molar refractivity (Wildman–Crippen MR) is 319 cm³/mol. The summed E-state index contributed by atoms with van der Waals surface area (Å²) in [6.07, 6.45) is -3.27. The van der Waals surface area contributed by atoms with Crippen molar-refractivity contribution in [1.29, 1.82) is 0 Å².